The minimum absolute atomic E-state index is 0.00657. The third kappa shape index (κ3) is 4.60. The van der Waals surface area contributed by atoms with E-state index in [0.717, 1.165) is 0 Å². The molecule has 0 radical (unpaired) electrons. The van der Waals surface area contributed by atoms with Gasteiger partial charge in [-0.2, -0.15) is 0 Å². The Balaban J connectivity index is 2.39. The number of amides is 1. The number of hydrogen-bond acceptors (Lipinski definition) is 3. The van der Waals surface area contributed by atoms with Gasteiger partial charge in [-0.05, 0) is 17.7 Å². The maximum atomic E-state index is 12.6. The molecule has 17 heavy (non-hydrogen) atoms. The molecule has 0 bridgehead atoms. The second-order valence-corrected chi connectivity index (χ2v) is 3.46. The summed E-state index contributed by atoms with van der Waals surface area (Å²) in [6.45, 7) is -0.352. The number of aliphatic hydroxyl groups excluding tert-OH is 1. The lowest BCUT2D eigenvalue weighted by atomic mass is 10.1. The van der Waals surface area contributed by atoms with Crippen LogP contribution in [0.25, 0.3) is 0 Å². The van der Waals surface area contributed by atoms with Gasteiger partial charge >= 0.3 is 5.97 Å². The van der Waals surface area contributed by atoms with Crippen LogP contribution in [0.4, 0.5) is 4.39 Å². The number of benzene rings is 1. The predicted molar refractivity (Wildman–Crippen MR) is 56.8 cm³/mol. The average Bonchev–Trinajstić information content (AvgIpc) is 2.29. The second kappa shape index (κ2) is 5.95. The van der Waals surface area contributed by atoms with E-state index in [2.05, 4.69) is 5.32 Å². The number of nitrogens with one attached hydrogen (secondary N) is 1. The Hall–Kier alpha value is -1.95. The fraction of sp³-hybridized carbons (Fsp3) is 0.273. The summed E-state index contributed by atoms with van der Waals surface area (Å²) in [5.74, 6) is -2.22. The minimum atomic E-state index is -1.62. The molecule has 0 spiro atoms. The first-order chi connectivity index (χ1) is 7.99. The molecule has 0 saturated carbocycles. The van der Waals surface area contributed by atoms with E-state index >= 15 is 0 Å². The number of aliphatic carboxylic acids is 1. The van der Waals surface area contributed by atoms with Crippen molar-refractivity contribution in [2.24, 2.45) is 0 Å². The van der Waals surface area contributed by atoms with Gasteiger partial charge in [-0.3, -0.25) is 4.79 Å². The molecule has 5 nitrogen and oxygen atoms in total. The van der Waals surface area contributed by atoms with Crippen molar-refractivity contribution in [1.82, 2.24) is 5.32 Å². The third-order valence-electron chi connectivity index (χ3n) is 2.06. The number of aliphatic hydroxyl groups is 1. The van der Waals surface area contributed by atoms with Gasteiger partial charge in [0.2, 0.25) is 5.91 Å². The molecule has 0 heterocycles. The smallest absolute Gasteiger partial charge is 0.334 e. The SMILES string of the molecule is O=C(Cc1ccc(F)cc1)NC[C@H](O)C(=O)O. The van der Waals surface area contributed by atoms with E-state index in [1.165, 1.54) is 24.3 Å². The van der Waals surface area contributed by atoms with Crippen molar-refractivity contribution in [2.45, 2.75) is 12.5 Å². The van der Waals surface area contributed by atoms with E-state index in [1.54, 1.807) is 0 Å². The quantitative estimate of drug-likeness (QED) is 0.673. The van der Waals surface area contributed by atoms with Crippen molar-refractivity contribution in [1.29, 1.82) is 0 Å². The zero-order valence-corrected chi connectivity index (χ0v) is 8.89. The Morgan fingerprint density at radius 2 is 1.88 bits per heavy atom. The van der Waals surface area contributed by atoms with Gasteiger partial charge in [-0.1, -0.05) is 12.1 Å². The van der Waals surface area contributed by atoms with Gasteiger partial charge in [-0.15, -0.1) is 0 Å². The summed E-state index contributed by atoms with van der Waals surface area (Å²) in [6.07, 6.45) is -1.61. The maximum absolute atomic E-state index is 12.6. The molecular formula is C11H12FNO4. The number of hydrogen-bond donors (Lipinski definition) is 3. The third-order valence-corrected chi connectivity index (χ3v) is 2.06. The number of rotatable bonds is 5. The van der Waals surface area contributed by atoms with E-state index in [-0.39, 0.29) is 13.0 Å². The van der Waals surface area contributed by atoms with Crippen molar-refractivity contribution >= 4 is 11.9 Å². The molecule has 0 aliphatic rings. The van der Waals surface area contributed by atoms with Gasteiger partial charge in [0.1, 0.15) is 5.82 Å². The highest BCUT2D eigenvalue weighted by atomic mass is 19.1. The second-order valence-electron chi connectivity index (χ2n) is 3.46. The highest BCUT2D eigenvalue weighted by Gasteiger charge is 2.14. The molecule has 3 N–H and O–H groups in total. The lowest BCUT2D eigenvalue weighted by Gasteiger charge is -2.07. The molecule has 6 heteroatoms. The highest BCUT2D eigenvalue weighted by Crippen LogP contribution is 2.03. The van der Waals surface area contributed by atoms with Crippen LogP contribution in [0.2, 0.25) is 0 Å². The minimum Gasteiger partial charge on any atom is -0.479 e. The summed E-state index contributed by atoms with van der Waals surface area (Å²) in [5, 5.41) is 19.5. The lowest BCUT2D eigenvalue weighted by Crippen LogP contribution is -2.37. The highest BCUT2D eigenvalue weighted by molar-refractivity contribution is 5.79. The van der Waals surface area contributed by atoms with Crippen LogP contribution >= 0.6 is 0 Å². The van der Waals surface area contributed by atoms with Gasteiger partial charge in [0.05, 0.1) is 13.0 Å². The van der Waals surface area contributed by atoms with Crippen LogP contribution in [0.1, 0.15) is 5.56 Å². The molecule has 0 fully saturated rings. The molecule has 1 amide bonds. The molecule has 0 aromatic heterocycles. The van der Waals surface area contributed by atoms with Crippen LogP contribution in [0, 0.1) is 5.82 Å². The molecule has 92 valence electrons. The summed E-state index contributed by atoms with van der Waals surface area (Å²) >= 11 is 0. The fourth-order valence-corrected chi connectivity index (χ4v) is 1.15. The van der Waals surface area contributed by atoms with Gasteiger partial charge in [-0.25, -0.2) is 9.18 Å². The van der Waals surface area contributed by atoms with Crippen molar-refractivity contribution in [3.05, 3.63) is 35.6 Å². The largest absolute Gasteiger partial charge is 0.479 e. The summed E-state index contributed by atoms with van der Waals surface area (Å²) in [5.41, 5.74) is 0.605. The molecule has 0 saturated heterocycles. The van der Waals surface area contributed by atoms with Crippen molar-refractivity contribution in [3.63, 3.8) is 0 Å². The molecule has 0 aliphatic heterocycles. The molecular weight excluding hydrogens is 229 g/mol. The van der Waals surface area contributed by atoms with E-state index in [4.69, 9.17) is 10.2 Å². The number of carboxylic acids is 1. The van der Waals surface area contributed by atoms with E-state index in [9.17, 15) is 14.0 Å². The van der Waals surface area contributed by atoms with E-state index in [1.807, 2.05) is 0 Å². The fourth-order valence-electron chi connectivity index (χ4n) is 1.15. The Morgan fingerprint density at radius 1 is 1.29 bits per heavy atom. The number of carboxylic acid groups (broad SMARTS) is 1. The van der Waals surface area contributed by atoms with Crippen LogP contribution in [0.15, 0.2) is 24.3 Å². The monoisotopic (exact) mass is 241 g/mol. The normalized spacial score (nSPS) is 11.9. The Kier molecular flexibility index (Phi) is 4.59. The van der Waals surface area contributed by atoms with Crippen molar-refractivity contribution in [3.8, 4) is 0 Å². The van der Waals surface area contributed by atoms with E-state index in [0.29, 0.717) is 5.56 Å². The summed E-state index contributed by atoms with van der Waals surface area (Å²) in [4.78, 5) is 21.6. The summed E-state index contributed by atoms with van der Waals surface area (Å²) in [6, 6.07) is 5.38. The Morgan fingerprint density at radius 3 is 2.41 bits per heavy atom. The van der Waals surface area contributed by atoms with Gasteiger partial charge < -0.3 is 15.5 Å². The molecule has 1 aromatic rings. The number of carbonyl (C=O) groups is 2. The van der Waals surface area contributed by atoms with E-state index < -0.39 is 23.8 Å². The van der Waals surface area contributed by atoms with Gasteiger partial charge in [0.15, 0.2) is 6.10 Å². The first-order valence-corrected chi connectivity index (χ1v) is 4.91. The number of halogens is 1. The molecule has 1 aromatic carbocycles. The standard InChI is InChI=1S/C11H12FNO4/c12-8-3-1-7(2-4-8)5-10(15)13-6-9(14)11(16)17/h1-4,9,14H,5-6H2,(H,13,15)(H,16,17)/t9-/m0/s1. The summed E-state index contributed by atoms with van der Waals surface area (Å²) < 4.78 is 12.6. The maximum Gasteiger partial charge on any atom is 0.334 e. The van der Waals surface area contributed by atoms with Crippen LogP contribution in [-0.2, 0) is 16.0 Å². The predicted octanol–water partition coefficient (Wildman–Crippen LogP) is -0.0701. The lowest BCUT2D eigenvalue weighted by molar-refractivity contribution is -0.146. The van der Waals surface area contributed by atoms with Gasteiger partial charge in [0, 0.05) is 0 Å². The first kappa shape index (κ1) is 13.1. The van der Waals surface area contributed by atoms with Crippen LogP contribution < -0.4 is 5.32 Å². The summed E-state index contributed by atoms with van der Waals surface area (Å²) in [7, 11) is 0. The Labute approximate surface area is 96.9 Å². The average molecular weight is 241 g/mol. The molecule has 1 atom stereocenters. The zero-order chi connectivity index (χ0) is 12.8. The molecule has 0 unspecified atom stereocenters. The first-order valence-electron chi connectivity index (χ1n) is 4.91. The zero-order valence-electron chi connectivity index (χ0n) is 8.89. The van der Waals surface area contributed by atoms with Crippen molar-refractivity contribution < 1.29 is 24.2 Å². The molecule has 0 aliphatic carbocycles. The topological polar surface area (TPSA) is 86.6 Å². The van der Waals surface area contributed by atoms with Crippen LogP contribution in [0.3, 0.4) is 0 Å². The van der Waals surface area contributed by atoms with Gasteiger partial charge in [0.25, 0.3) is 0 Å². The Bertz CT molecular complexity index is 404. The van der Waals surface area contributed by atoms with Crippen LogP contribution in [0.5, 0.6) is 0 Å². The van der Waals surface area contributed by atoms with Crippen LogP contribution in [-0.4, -0.2) is 34.7 Å². The molecule has 1 rings (SSSR count). The number of carbonyl (C=O) groups excluding carboxylic acids is 1. The van der Waals surface area contributed by atoms with Crippen molar-refractivity contribution in [2.75, 3.05) is 6.54 Å².